The first-order valence-electron chi connectivity index (χ1n) is 7.16. The van der Waals surface area contributed by atoms with Crippen molar-refractivity contribution in [3.63, 3.8) is 0 Å². The molecule has 0 bridgehead atoms. The van der Waals surface area contributed by atoms with Crippen LogP contribution in [0.15, 0.2) is 66.9 Å². The van der Waals surface area contributed by atoms with Gasteiger partial charge in [0.15, 0.2) is 0 Å². The van der Waals surface area contributed by atoms with Crippen LogP contribution in [0, 0.1) is 11.6 Å². The van der Waals surface area contributed by atoms with E-state index in [4.69, 9.17) is 0 Å². The van der Waals surface area contributed by atoms with E-state index < -0.39 is 11.7 Å². The van der Waals surface area contributed by atoms with E-state index in [1.165, 1.54) is 42.6 Å². The predicted octanol–water partition coefficient (Wildman–Crippen LogP) is 4.36. The first kappa shape index (κ1) is 15.6. The Morgan fingerprint density at radius 3 is 2.42 bits per heavy atom. The van der Waals surface area contributed by atoms with Crippen molar-refractivity contribution >= 4 is 23.0 Å². The van der Waals surface area contributed by atoms with Crippen LogP contribution in [0.4, 0.5) is 25.8 Å². The molecule has 0 saturated heterocycles. The van der Waals surface area contributed by atoms with Gasteiger partial charge in [-0.1, -0.05) is 12.1 Å². The van der Waals surface area contributed by atoms with Gasteiger partial charge >= 0.3 is 0 Å². The lowest BCUT2D eigenvalue weighted by molar-refractivity contribution is 0.102. The topological polar surface area (TPSA) is 54.0 Å². The van der Waals surface area contributed by atoms with Crippen LogP contribution in [-0.4, -0.2) is 10.9 Å². The summed E-state index contributed by atoms with van der Waals surface area (Å²) in [4.78, 5) is 16.2. The molecule has 1 heterocycles. The van der Waals surface area contributed by atoms with Crippen LogP contribution >= 0.6 is 0 Å². The third kappa shape index (κ3) is 3.73. The van der Waals surface area contributed by atoms with Gasteiger partial charge in [-0.3, -0.25) is 9.78 Å². The third-order valence-corrected chi connectivity index (χ3v) is 3.25. The quantitative estimate of drug-likeness (QED) is 0.749. The molecule has 0 spiro atoms. The predicted molar refractivity (Wildman–Crippen MR) is 88.3 cm³/mol. The maximum absolute atomic E-state index is 13.7. The normalized spacial score (nSPS) is 10.2. The van der Waals surface area contributed by atoms with Crippen molar-refractivity contribution in [2.24, 2.45) is 0 Å². The van der Waals surface area contributed by atoms with Gasteiger partial charge in [-0.15, -0.1) is 0 Å². The lowest BCUT2D eigenvalue weighted by Gasteiger charge is -2.09. The fourth-order valence-corrected chi connectivity index (χ4v) is 2.08. The van der Waals surface area contributed by atoms with Crippen molar-refractivity contribution < 1.29 is 13.6 Å². The molecule has 0 aliphatic carbocycles. The Balaban J connectivity index is 1.76. The second kappa shape index (κ2) is 6.87. The molecule has 0 unspecified atom stereocenters. The molecule has 3 rings (SSSR count). The van der Waals surface area contributed by atoms with Crippen LogP contribution in [0.1, 0.15) is 10.5 Å². The average molecular weight is 325 g/mol. The zero-order valence-corrected chi connectivity index (χ0v) is 12.5. The minimum absolute atomic E-state index is 0.153. The van der Waals surface area contributed by atoms with Gasteiger partial charge < -0.3 is 10.6 Å². The number of nitrogens with zero attached hydrogens (tertiary/aromatic N) is 1. The molecule has 0 saturated carbocycles. The number of para-hydroxylation sites is 1. The number of hydrogen-bond acceptors (Lipinski definition) is 3. The molecule has 1 aromatic heterocycles. The number of amides is 1. The molecule has 0 aliphatic heterocycles. The third-order valence-electron chi connectivity index (χ3n) is 3.25. The average Bonchev–Trinajstić information content (AvgIpc) is 2.59. The number of pyridine rings is 1. The molecule has 0 fully saturated rings. The van der Waals surface area contributed by atoms with Crippen molar-refractivity contribution in [2.45, 2.75) is 0 Å². The van der Waals surface area contributed by atoms with Gasteiger partial charge in [-0.2, -0.15) is 0 Å². The summed E-state index contributed by atoms with van der Waals surface area (Å²) < 4.78 is 26.5. The highest BCUT2D eigenvalue weighted by molar-refractivity contribution is 6.03. The zero-order chi connectivity index (χ0) is 16.9. The van der Waals surface area contributed by atoms with Gasteiger partial charge in [0.2, 0.25) is 0 Å². The van der Waals surface area contributed by atoms with Crippen LogP contribution in [-0.2, 0) is 0 Å². The molecule has 1 amide bonds. The Labute approximate surface area is 137 Å². The summed E-state index contributed by atoms with van der Waals surface area (Å²) in [5, 5.41) is 5.51. The van der Waals surface area contributed by atoms with E-state index in [9.17, 15) is 13.6 Å². The standard InChI is InChI=1S/C18H13F2N3O/c19-12-5-7-13(8-6-12)23-18(24)17-11-14(9-10-21-17)22-16-4-2-1-3-15(16)20/h1-11H,(H,21,22)(H,23,24). The second-order valence-corrected chi connectivity index (χ2v) is 5.00. The number of rotatable bonds is 4. The number of carbonyl (C=O) groups excluding carboxylic acids is 1. The number of hydrogen-bond donors (Lipinski definition) is 2. The molecule has 120 valence electrons. The number of aromatic nitrogens is 1. The fraction of sp³-hybridized carbons (Fsp3) is 0. The van der Waals surface area contributed by atoms with Gasteiger partial charge in [0.1, 0.15) is 17.3 Å². The van der Waals surface area contributed by atoms with E-state index in [0.717, 1.165) is 0 Å². The Morgan fingerprint density at radius 1 is 0.917 bits per heavy atom. The highest BCUT2D eigenvalue weighted by Crippen LogP contribution is 2.20. The van der Waals surface area contributed by atoms with Gasteiger partial charge in [0, 0.05) is 17.6 Å². The largest absolute Gasteiger partial charge is 0.353 e. The molecule has 24 heavy (non-hydrogen) atoms. The first-order chi connectivity index (χ1) is 11.6. The Kier molecular flexibility index (Phi) is 4.47. The Bertz CT molecular complexity index is 866. The molecular formula is C18H13F2N3O. The summed E-state index contributed by atoms with van der Waals surface area (Å²) in [6, 6.07) is 14.8. The molecule has 0 aliphatic rings. The van der Waals surface area contributed by atoms with E-state index >= 15 is 0 Å². The van der Waals surface area contributed by atoms with Crippen LogP contribution < -0.4 is 10.6 Å². The molecule has 2 N–H and O–H groups in total. The van der Waals surface area contributed by atoms with Gasteiger partial charge in [0.25, 0.3) is 5.91 Å². The molecular weight excluding hydrogens is 312 g/mol. The zero-order valence-electron chi connectivity index (χ0n) is 12.5. The second-order valence-electron chi connectivity index (χ2n) is 5.00. The first-order valence-corrected chi connectivity index (χ1v) is 7.16. The Morgan fingerprint density at radius 2 is 1.67 bits per heavy atom. The van der Waals surface area contributed by atoms with Crippen molar-refractivity contribution in [3.8, 4) is 0 Å². The number of carbonyl (C=O) groups is 1. The summed E-state index contributed by atoms with van der Waals surface area (Å²) in [7, 11) is 0. The van der Waals surface area contributed by atoms with E-state index in [-0.39, 0.29) is 11.5 Å². The molecule has 2 aromatic carbocycles. The van der Waals surface area contributed by atoms with Crippen molar-refractivity contribution in [1.29, 1.82) is 0 Å². The van der Waals surface area contributed by atoms with E-state index in [2.05, 4.69) is 15.6 Å². The van der Waals surface area contributed by atoms with E-state index in [1.807, 2.05) is 0 Å². The minimum atomic E-state index is -0.446. The number of halogens is 2. The lowest BCUT2D eigenvalue weighted by atomic mass is 10.2. The van der Waals surface area contributed by atoms with E-state index in [0.29, 0.717) is 17.1 Å². The molecule has 4 nitrogen and oxygen atoms in total. The Hall–Kier alpha value is -3.28. The highest BCUT2D eigenvalue weighted by atomic mass is 19.1. The molecule has 6 heteroatoms. The number of nitrogens with one attached hydrogen (secondary N) is 2. The van der Waals surface area contributed by atoms with E-state index in [1.54, 1.807) is 24.3 Å². The summed E-state index contributed by atoms with van der Waals surface area (Å²) in [5.41, 5.74) is 1.43. The molecule has 3 aromatic rings. The lowest BCUT2D eigenvalue weighted by Crippen LogP contribution is -2.13. The van der Waals surface area contributed by atoms with Crippen LogP contribution in [0.5, 0.6) is 0 Å². The van der Waals surface area contributed by atoms with Crippen molar-refractivity contribution in [1.82, 2.24) is 4.98 Å². The van der Waals surface area contributed by atoms with Gasteiger partial charge in [0.05, 0.1) is 5.69 Å². The summed E-state index contributed by atoms with van der Waals surface area (Å²) >= 11 is 0. The summed E-state index contributed by atoms with van der Waals surface area (Å²) in [6.07, 6.45) is 1.45. The van der Waals surface area contributed by atoms with Gasteiger partial charge in [-0.25, -0.2) is 8.78 Å². The van der Waals surface area contributed by atoms with Gasteiger partial charge in [-0.05, 0) is 48.5 Å². The highest BCUT2D eigenvalue weighted by Gasteiger charge is 2.09. The summed E-state index contributed by atoms with van der Waals surface area (Å²) in [6.45, 7) is 0. The monoisotopic (exact) mass is 325 g/mol. The number of anilines is 3. The molecule has 0 atom stereocenters. The SMILES string of the molecule is O=C(Nc1ccc(F)cc1)c1cc(Nc2ccccc2F)ccn1. The van der Waals surface area contributed by atoms with Crippen LogP contribution in [0.3, 0.4) is 0 Å². The maximum atomic E-state index is 13.7. The fourth-order valence-electron chi connectivity index (χ4n) is 2.08. The maximum Gasteiger partial charge on any atom is 0.274 e. The summed E-state index contributed by atoms with van der Waals surface area (Å²) in [5.74, 6) is -1.23. The number of benzene rings is 2. The minimum Gasteiger partial charge on any atom is -0.353 e. The smallest absolute Gasteiger partial charge is 0.274 e. The van der Waals surface area contributed by atoms with Crippen LogP contribution in [0.25, 0.3) is 0 Å². The van der Waals surface area contributed by atoms with Crippen molar-refractivity contribution in [2.75, 3.05) is 10.6 Å². The van der Waals surface area contributed by atoms with Crippen LogP contribution in [0.2, 0.25) is 0 Å². The van der Waals surface area contributed by atoms with Crippen molar-refractivity contribution in [3.05, 3.63) is 84.2 Å². The molecule has 0 radical (unpaired) electrons.